The first-order valence-electron chi connectivity index (χ1n) is 12.4. The molecule has 3 aromatic carbocycles. The van der Waals surface area contributed by atoms with Crippen LogP contribution in [-0.2, 0) is 16.8 Å². The highest BCUT2D eigenvalue weighted by Crippen LogP contribution is 2.51. The zero-order valence-corrected chi connectivity index (χ0v) is 23.6. The molecule has 1 fully saturated rings. The van der Waals surface area contributed by atoms with Gasteiger partial charge >= 0.3 is 0 Å². The second kappa shape index (κ2) is 11.2. The third-order valence-corrected chi connectivity index (χ3v) is 7.83. The van der Waals surface area contributed by atoms with Gasteiger partial charge in [-0.3, -0.25) is 4.79 Å². The largest absolute Gasteiger partial charge is 0.351 e. The molecule has 1 heterocycles. The summed E-state index contributed by atoms with van der Waals surface area (Å²) in [4.78, 5) is 13.8. The number of carbonyl (C=O) groups excluding carboxylic acids is 1. The maximum atomic E-state index is 14.5. The Balaban J connectivity index is 1.82. The second-order valence-electron chi connectivity index (χ2n) is 10.9. The Hall–Kier alpha value is -2.62. The number of carbonyl (C=O) groups is 1. The van der Waals surface area contributed by atoms with Gasteiger partial charge in [-0.1, -0.05) is 92.0 Å². The molecule has 0 radical (unpaired) electrons. The van der Waals surface area contributed by atoms with Crippen molar-refractivity contribution >= 4 is 40.7 Å². The van der Waals surface area contributed by atoms with Gasteiger partial charge in [0.1, 0.15) is 11.2 Å². The topological polar surface area (TPSA) is 64.9 Å². The van der Waals surface area contributed by atoms with E-state index in [0.29, 0.717) is 16.5 Å². The minimum Gasteiger partial charge on any atom is -0.351 e. The summed E-state index contributed by atoms with van der Waals surface area (Å²) in [6, 6.07) is 20.6. The van der Waals surface area contributed by atoms with Gasteiger partial charge < -0.3 is 10.6 Å². The number of nitriles is 1. The molecule has 0 aliphatic carbocycles. The molecule has 1 aliphatic heterocycles. The molecular weight excluding hydrogens is 544 g/mol. The number of benzene rings is 3. The van der Waals surface area contributed by atoms with Crippen LogP contribution >= 0.6 is 34.8 Å². The molecule has 4 nitrogen and oxygen atoms in total. The number of hydrogen-bond acceptors (Lipinski definition) is 3. The van der Waals surface area contributed by atoms with Gasteiger partial charge in [-0.15, -0.1) is 0 Å². The molecule has 4 atom stereocenters. The van der Waals surface area contributed by atoms with Gasteiger partial charge in [0.25, 0.3) is 0 Å². The Bertz CT molecular complexity index is 1370. The molecule has 8 heteroatoms. The first kappa shape index (κ1) is 28.4. The summed E-state index contributed by atoms with van der Waals surface area (Å²) in [5.41, 5.74) is 0.518. The van der Waals surface area contributed by atoms with E-state index in [-0.39, 0.29) is 34.5 Å². The minimum atomic E-state index is -1.12. The molecular formula is C30H29Cl3FN3O. The Morgan fingerprint density at radius 2 is 1.74 bits per heavy atom. The van der Waals surface area contributed by atoms with Crippen molar-refractivity contribution in [1.82, 2.24) is 10.6 Å². The van der Waals surface area contributed by atoms with E-state index in [4.69, 9.17) is 34.8 Å². The molecule has 1 saturated heterocycles. The summed E-state index contributed by atoms with van der Waals surface area (Å²) in [7, 11) is 0. The molecule has 4 unspecified atom stereocenters. The summed E-state index contributed by atoms with van der Waals surface area (Å²) in [6.45, 7) is 6.25. The highest BCUT2D eigenvalue weighted by molar-refractivity contribution is 6.31. The third-order valence-electron chi connectivity index (χ3n) is 7.05. The first-order chi connectivity index (χ1) is 18.0. The smallest absolute Gasteiger partial charge is 0.238 e. The van der Waals surface area contributed by atoms with Crippen LogP contribution < -0.4 is 10.6 Å². The molecule has 1 aliphatic rings. The van der Waals surface area contributed by atoms with E-state index < -0.39 is 23.2 Å². The van der Waals surface area contributed by atoms with Crippen molar-refractivity contribution < 1.29 is 9.18 Å². The highest BCUT2D eigenvalue weighted by atomic mass is 35.5. The van der Waals surface area contributed by atoms with Crippen molar-refractivity contribution in [3.63, 3.8) is 0 Å². The van der Waals surface area contributed by atoms with Crippen LogP contribution in [-0.4, -0.2) is 18.0 Å². The fourth-order valence-electron chi connectivity index (χ4n) is 5.43. The van der Waals surface area contributed by atoms with Gasteiger partial charge in [0.2, 0.25) is 5.91 Å². The molecule has 198 valence electrons. The number of nitrogens with one attached hydrogen (secondary N) is 2. The fraction of sp³-hybridized carbons (Fsp3) is 0.333. The van der Waals surface area contributed by atoms with E-state index in [1.807, 2.05) is 24.3 Å². The van der Waals surface area contributed by atoms with Gasteiger partial charge in [-0.05, 0) is 53.3 Å². The molecule has 3 aromatic rings. The maximum Gasteiger partial charge on any atom is 0.238 e. The quantitative estimate of drug-likeness (QED) is 0.323. The van der Waals surface area contributed by atoms with Crippen molar-refractivity contribution in [2.75, 3.05) is 0 Å². The molecule has 0 bridgehead atoms. The van der Waals surface area contributed by atoms with Gasteiger partial charge in [-0.25, -0.2) is 4.39 Å². The third kappa shape index (κ3) is 5.70. The van der Waals surface area contributed by atoms with Crippen LogP contribution in [0.2, 0.25) is 15.1 Å². The van der Waals surface area contributed by atoms with Crippen molar-refractivity contribution in [1.29, 1.82) is 5.26 Å². The normalized spacial score (nSPS) is 23.2. The summed E-state index contributed by atoms with van der Waals surface area (Å²) >= 11 is 18.5. The van der Waals surface area contributed by atoms with Crippen molar-refractivity contribution in [2.24, 2.45) is 5.41 Å². The predicted octanol–water partition coefficient (Wildman–Crippen LogP) is 7.42. The number of hydrogen-bond donors (Lipinski definition) is 2. The SMILES string of the molecule is CC(C)(C)CC1NC(C(=O)NCc2cccc(Cl)c2F)C(c2cccc(Cl)c2)C1(C#N)c1ccc(Cl)cc1. The van der Waals surface area contributed by atoms with Crippen LogP contribution in [0, 0.1) is 22.6 Å². The van der Waals surface area contributed by atoms with Crippen LogP contribution in [0.4, 0.5) is 4.39 Å². The minimum absolute atomic E-state index is 0.0102. The second-order valence-corrected chi connectivity index (χ2v) is 12.2. The maximum absolute atomic E-state index is 14.5. The lowest BCUT2D eigenvalue weighted by Gasteiger charge is -2.37. The molecule has 2 N–H and O–H groups in total. The van der Waals surface area contributed by atoms with Gasteiger partial charge in [0.05, 0.1) is 17.1 Å². The summed E-state index contributed by atoms with van der Waals surface area (Å²) in [5.74, 6) is -1.51. The number of rotatable bonds is 6. The zero-order valence-electron chi connectivity index (χ0n) is 21.4. The summed E-state index contributed by atoms with van der Waals surface area (Å²) in [5, 5.41) is 18.3. The van der Waals surface area contributed by atoms with E-state index in [2.05, 4.69) is 37.5 Å². The van der Waals surface area contributed by atoms with Crippen molar-refractivity contribution in [2.45, 2.75) is 57.2 Å². The molecule has 0 saturated carbocycles. The molecule has 4 rings (SSSR count). The lowest BCUT2D eigenvalue weighted by molar-refractivity contribution is -0.123. The van der Waals surface area contributed by atoms with Crippen LogP contribution in [0.25, 0.3) is 0 Å². The van der Waals surface area contributed by atoms with Crippen LogP contribution in [0.1, 0.15) is 49.8 Å². The van der Waals surface area contributed by atoms with E-state index >= 15 is 0 Å². The van der Waals surface area contributed by atoms with Crippen LogP contribution in [0.5, 0.6) is 0 Å². The van der Waals surface area contributed by atoms with Crippen molar-refractivity contribution in [3.8, 4) is 6.07 Å². The van der Waals surface area contributed by atoms with E-state index in [1.165, 1.54) is 6.07 Å². The Kier molecular flexibility index (Phi) is 8.40. The standard InChI is InChI=1S/C30H29Cl3FN3O/c1-29(2,3)15-24-30(17-35,20-10-12-21(31)13-11-20)25(18-6-4-8-22(32)14-18)27(37-24)28(38)36-16-19-7-5-9-23(33)26(19)34/h4-14,24-25,27,37H,15-16H2,1-3H3,(H,36,38). The fourth-order valence-corrected chi connectivity index (χ4v) is 5.95. The zero-order chi connectivity index (χ0) is 27.7. The predicted molar refractivity (Wildman–Crippen MR) is 151 cm³/mol. The molecule has 0 aromatic heterocycles. The Morgan fingerprint density at radius 3 is 2.37 bits per heavy atom. The average Bonchev–Trinajstić information content (AvgIpc) is 3.18. The Labute approximate surface area is 238 Å². The summed E-state index contributed by atoms with van der Waals surface area (Å²) < 4.78 is 14.5. The Morgan fingerprint density at radius 1 is 1.05 bits per heavy atom. The highest BCUT2D eigenvalue weighted by Gasteiger charge is 2.59. The lowest BCUT2D eigenvalue weighted by atomic mass is 9.63. The van der Waals surface area contributed by atoms with Crippen molar-refractivity contribution in [3.05, 3.63) is 104 Å². The first-order valence-corrected chi connectivity index (χ1v) is 13.5. The van der Waals surface area contributed by atoms with Gasteiger partial charge in [0, 0.05) is 34.1 Å². The van der Waals surface area contributed by atoms with Crippen LogP contribution in [0.15, 0.2) is 66.7 Å². The molecule has 38 heavy (non-hydrogen) atoms. The van der Waals surface area contributed by atoms with E-state index in [1.54, 1.807) is 36.4 Å². The monoisotopic (exact) mass is 571 g/mol. The van der Waals surface area contributed by atoms with Gasteiger partial charge in [0.15, 0.2) is 0 Å². The molecule has 0 spiro atoms. The average molecular weight is 573 g/mol. The lowest BCUT2D eigenvalue weighted by Crippen LogP contribution is -2.45. The number of halogens is 4. The van der Waals surface area contributed by atoms with E-state index in [9.17, 15) is 14.4 Å². The summed E-state index contributed by atoms with van der Waals surface area (Å²) in [6.07, 6.45) is 0.618. The van der Waals surface area contributed by atoms with Gasteiger partial charge in [-0.2, -0.15) is 5.26 Å². The number of amides is 1. The number of nitrogens with zero attached hydrogens (tertiary/aromatic N) is 1. The van der Waals surface area contributed by atoms with E-state index in [0.717, 1.165) is 11.1 Å². The van der Waals surface area contributed by atoms with Crippen LogP contribution in [0.3, 0.4) is 0 Å². The molecule has 1 amide bonds.